The Labute approximate surface area is 197 Å². The number of hydrogen-bond donors (Lipinski definition) is 2. The van der Waals surface area contributed by atoms with E-state index in [4.69, 9.17) is 13.8 Å². The van der Waals surface area contributed by atoms with Crippen LogP contribution in [0.1, 0.15) is 22.6 Å². The highest BCUT2D eigenvalue weighted by Crippen LogP contribution is 2.44. The molecule has 174 valence electrons. The van der Waals surface area contributed by atoms with Crippen LogP contribution in [0.25, 0.3) is 11.1 Å². The number of ether oxygens (including phenoxy) is 1. The molecular formula is C25H23NO7P+. The average Bonchev–Trinajstić information content (AvgIpc) is 3.19. The molecule has 3 aromatic rings. The van der Waals surface area contributed by atoms with E-state index in [1.54, 1.807) is 24.3 Å². The number of amides is 1. The summed E-state index contributed by atoms with van der Waals surface area (Å²) < 4.78 is 27.0. The number of hydrogen-bond acceptors (Lipinski definition) is 7. The van der Waals surface area contributed by atoms with E-state index in [2.05, 4.69) is 5.32 Å². The van der Waals surface area contributed by atoms with Crippen molar-refractivity contribution < 1.29 is 33.0 Å². The first-order chi connectivity index (χ1) is 16.6. The van der Waals surface area contributed by atoms with Gasteiger partial charge in [0.15, 0.2) is 6.04 Å². The van der Waals surface area contributed by atoms with E-state index in [9.17, 15) is 19.3 Å². The minimum atomic E-state index is -2.78. The standard InChI is InChI=1S/C25H22NO7P/c27-14-23(24(28)33-34(30)32-15-17-8-2-1-3-9-17)26-25(29)31-16-22-20-12-6-4-10-18(20)19-11-5-7-13-21(19)22/h1-13,22-23,27H,14-16H2/p+1/t23-/m0/s1. The van der Waals surface area contributed by atoms with Crippen molar-refractivity contribution in [1.29, 1.82) is 0 Å². The molecule has 9 heteroatoms. The van der Waals surface area contributed by atoms with E-state index < -0.39 is 33.0 Å². The van der Waals surface area contributed by atoms with Gasteiger partial charge in [-0.05, 0) is 27.8 Å². The first kappa shape index (κ1) is 23.6. The van der Waals surface area contributed by atoms with Crippen molar-refractivity contribution in [3.05, 3.63) is 95.6 Å². The van der Waals surface area contributed by atoms with E-state index >= 15 is 0 Å². The van der Waals surface area contributed by atoms with Gasteiger partial charge in [0.25, 0.3) is 0 Å². The fourth-order valence-electron chi connectivity index (χ4n) is 3.83. The van der Waals surface area contributed by atoms with Crippen LogP contribution in [0.2, 0.25) is 0 Å². The van der Waals surface area contributed by atoms with Gasteiger partial charge >= 0.3 is 20.3 Å². The van der Waals surface area contributed by atoms with Crippen molar-refractivity contribution in [3.8, 4) is 11.1 Å². The molecule has 0 aliphatic heterocycles. The van der Waals surface area contributed by atoms with Crippen LogP contribution >= 0.6 is 8.25 Å². The van der Waals surface area contributed by atoms with Crippen molar-refractivity contribution >= 4 is 20.3 Å². The smallest absolute Gasteiger partial charge is 0.449 e. The van der Waals surface area contributed by atoms with Crippen LogP contribution in [0.5, 0.6) is 0 Å². The monoisotopic (exact) mass is 480 g/mol. The van der Waals surface area contributed by atoms with Gasteiger partial charge in [0.05, 0.1) is 6.61 Å². The number of rotatable bonds is 9. The van der Waals surface area contributed by atoms with Crippen molar-refractivity contribution in [2.24, 2.45) is 0 Å². The number of benzene rings is 3. The lowest BCUT2D eigenvalue weighted by Crippen LogP contribution is -2.44. The molecule has 1 unspecified atom stereocenters. The Balaban J connectivity index is 1.29. The van der Waals surface area contributed by atoms with E-state index in [1.165, 1.54) is 0 Å². The van der Waals surface area contributed by atoms with Gasteiger partial charge in [-0.15, -0.1) is 4.52 Å². The lowest BCUT2D eigenvalue weighted by Gasteiger charge is -2.16. The fraction of sp³-hybridized carbons (Fsp3) is 0.200. The maximum Gasteiger partial charge on any atom is 0.753 e. The number of aliphatic hydroxyl groups is 1. The molecule has 0 heterocycles. The summed E-state index contributed by atoms with van der Waals surface area (Å²) in [6.07, 6.45) is -0.904. The predicted octanol–water partition coefficient (Wildman–Crippen LogP) is 4.30. The Bertz CT molecular complexity index is 1140. The highest BCUT2D eigenvalue weighted by Gasteiger charge is 2.34. The minimum absolute atomic E-state index is 0.0209. The summed E-state index contributed by atoms with van der Waals surface area (Å²) in [4.78, 5) is 24.5. The van der Waals surface area contributed by atoms with Crippen molar-refractivity contribution in [2.45, 2.75) is 18.6 Å². The van der Waals surface area contributed by atoms with Gasteiger partial charge in [-0.25, -0.2) is 9.59 Å². The summed E-state index contributed by atoms with van der Waals surface area (Å²) in [6.45, 7) is -0.737. The molecule has 0 bridgehead atoms. The quantitative estimate of drug-likeness (QED) is 0.439. The second kappa shape index (κ2) is 11.0. The van der Waals surface area contributed by atoms with Gasteiger partial charge in [0.2, 0.25) is 0 Å². The molecule has 0 fully saturated rings. The summed E-state index contributed by atoms with van der Waals surface area (Å²) in [6, 6.07) is 23.3. The molecule has 8 nitrogen and oxygen atoms in total. The molecule has 4 rings (SSSR count). The zero-order valence-electron chi connectivity index (χ0n) is 18.1. The second-order valence-corrected chi connectivity index (χ2v) is 8.49. The Kier molecular flexibility index (Phi) is 7.65. The Morgan fingerprint density at radius 1 is 0.912 bits per heavy atom. The van der Waals surface area contributed by atoms with E-state index in [1.807, 2.05) is 54.6 Å². The Morgan fingerprint density at radius 3 is 2.12 bits per heavy atom. The van der Waals surface area contributed by atoms with Crippen molar-refractivity contribution in [1.82, 2.24) is 5.32 Å². The predicted molar refractivity (Wildman–Crippen MR) is 124 cm³/mol. The van der Waals surface area contributed by atoms with E-state index in [-0.39, 0.29) is 19.1 Å². The number of alkyl carbamates (subject to hydrolysis) is 1. The summed E-state index contributed by atoms with van der Waals surface area (Å²) in [5, 5.41) is 11.7. The van der Waals surface area contributed by atoms with Gasteiger partial charge in [-0.3, -0.25) is 0 Å². The maximum absolute atomic E-state index is 12.3. The number of fused-ring (bicyclic) bond motifs is 3. The molecule has 34 heavy (non-hydrogen) atoms. The number of nitrogens with one attached hydrogen (secondary N) is 1. The van der Waals surface area contributed by atoms with Crippen molar-refractivity contribution in [2.75, 3.05) is 13.2 Å². The van der Waals surface area contributed by atoms with Crippen LogP contribution in [0, 0.1) is 0 Å². The lowest BCUT2D eigenvalue weighted by atomic mass is 9.98. The number of carbonyl (C=O) groups excluding carboxylic acids is 2. The Morgan fingerprint density at radius 2 is 1.50 bits per heavy atom. The van der Waals surface area contributed by atoms with Gasteiger partial charge in [0, 0.05) is 10.5 Å². The van der Waals surface area contributed by atoms with Gasteiger partial charge in [-0.1, -0.05) is 78.9 Å². The van der Waals surface area contributed by atoms with E-state index in [0.29, 0.717) is 0 Å². The van der Waals surface area contributed by atoms with E-state index in [0.717, 1.165) is 27.8 Å². The molecular weight excluding hydrogens is 457 g/mol. The normalized spacial score (nSPS) is 13.4. The third-order valence-electron chi connectivity index (χ3n) is 5.45. The maximum atomic E-state index is 12.3. The first-order valence-corrected chi connectivity index (χ1v) is 11.7. The molecule has 0 spiro atoms. The molecule has 2 atom stereocenters. The summed E-state index contributed by atoms with van der Waals surface area (Å²) in [5.41, 5.74) is 5.01. The topological polar surface area (TPSA) is 111 Å². The zero-order chi connectivity index (χ0) is 23.9. The van der Waals surface area contributed by atoms with Crippen LogP contribution in [-0.2, 0) is 29.8 Å². The van der Waals surface area contributed by atoms with Gasteiger partial charge < -0.3 is 15.2 Å². The number of aliphatic hydroxyl groups excluding tert-OH is 1. The highest BCUT2D eigenvalue weighted by molar-refractivity contribution is 7.34. The molecule has 3 aromatic carbocycles. The summed E-state index contributed by atoms with van der Waals surface area (Å²) >= 11 is 0. The van der Waals surface area contributed by atoms with Crippen molar-refractivity contribution in [3.63, 3.8) is 0 Å². The molecule has 1 aliphatic rings. The van der Waals surface area contributed by atoms with Gasteiger partial charge in [-0.2, -0.15) is 4.52 Å². The molecule has 2 N–H and O–H groups in total. The number of carbonyl (C=O) groups is 2. The average molecular weight is 480 g/mol. The molecule has 0 radical (unpaired) electrons. The van der Waals surface area contributed by atoms with Crippen LogP contribution in [0.15, 0.2) is 78.9 Å². The Hall–Kier alpha value is -3.58. The van der Waals surface area contributed by atoms with Crippen LogP contribution < -0.4 is 5.32 Å². The summed E-state index contributed by atoms with van der Waals surface area (Å²) in [7, 11) is -2.78. The molecule has 1 amide bonds. The SMILES string of the molecule is O=C(N[C@@H](CO)C(=O)O[P+](=O)OCc1ccccc1)OCC1c2ccccc2-c2ccccc21. The molecule has 1 aliphatic carbocycles. The molecule has 0 saturated heterocycles. The third kappa shape index (κ3) is 5.48. The van der Waals surface area contributed by atoms with Gasteiger partial charge in [0.1, 0.15) is 13.2 Å². The highest BCUT2D eigenvalue weighted by atomic mass is 31.1. The van der Waals surface area contributed by atoms with Crippen LogP contribution in [0.3, 0.4) is 0 Å². The van der Waals surface area contributed by atoms with Crippen LogP contribution in [-0.4, -0.2) is 36.4 Å². The van der Waals surface area contributed by atoms with Crippen LogP contribution in [0.4, 0.5) is 4.79 Å². The second-order valence-electron chi connectivity index (χ2n) is 7.60. The lowest BCUT2D eigenvalue weighted by molar-refractivity contribution is -0.137. The first-order valence-electron chi connectivity index (χ1n) is 10.6. The summed E-state index contributed by atoms with van der Waals surface area (Å²) in [5.74, 6) is -1.25. The molecule has 0 aromatic heterocycles. The zero-order valence-corrected chi connectivity index (χ0v) is 19.0. The third-order valence-corrected chi connectivity index (χ3v) is 6.12. The minimum Gasteiger partial charge on any atom is -0.449 e. The fourth-order valence-corrected chi connectivity index (χ4v) is 4.41. The molecule has 0 saturated carbocycles. The largest absolute Gasteiger partial charge is 0.753 e.